The molecule has 33 heavy (non-hydrogen) atoms. The number of imide groups is 1. The fourth-order valence-electron chi connectivity index (χ4n) is 4.69. The number of benzene rings is 3. The van der Waals surface area contributed by atoms with E-state index in [1.54, 1.807) is 50.5 Å². The largest absolute Gasteiger partial charge is 0.497 e. The second-order valence-electron chi connectivity index (χ2n) is 8.28. The third-order valence-electron chi connectivity index (χ3n) is 6.45. The lowest BCUT2D eigenvalue weighted by Gasteiger charge is -2.32. The Balaban J connectivity index is 1.60. The molecule has 7 nitrogen and oxygen atoms in total. The number of fused-ring (bicyclic) bond motifs is 1. The molecule has 0 radical (unpaired) electrons. The smallest absolute Gasteiger partial charge is 0.266 e. The van der Waals surface area contributed by atoms with Crippen molar-refractivity contribution in [3.63, 3.8) is 0 Å². The monoisotopic (exact) mass is 444 g/mol. The van der Waals surface area contributed by atoms with Crippen molar-refractivity contribution >= 4 is 23.2 Å². The molecule has 7 heteroatoms. The van der Waals surface area contributed by atoms with Gasteiger partial charge in [0.15, 0.2) is 6.10 Å². The molecule has 3 aromatic rings. The van der Waals surface area contributed by atoms with Gasteiger partial charge in [-0.25, -0.2) is 9.96 Å². The van der Waals surface area contributed by atoms with E-state index in [4.69, 9.17) is 14.3 Å². The Morgan fingerprint density at radius 3 is 1.94 bits per heavy atom. The first-order chi connectivity index (χ1) is 16.0. The van der Waals surface area contributed by atoms with Crippen molar-refractivity contribution < 1.29 is 23.9 Å². The van der Waals surface area contributed by atoms with Gasteiger partial charge in [-0.05, 0) is 61.0 Å². The molecule has 5 rings (SSSR count). The van der Waals surface area contributed by atoms with Crippen LogP contribution in [-0.4, -0.2) is 32.1 Å². The first-order valence-corrected chi connectivity index (χ1v) is 10.7. The van der Waals surface area contributed by atoms with E-state index in [0.717, 1.165) is 11.3 Å². The van der Waals surface area contributed by atoms with Crippen LogP contribution in [0.15, 0.2) is 78.9 Å². The van der Waals surface area contributed by atoms with E-state index in [0.29, 0.717) is 17.2 Å². The summed E-state index contributed by atoms with van der Waals surface area (Å²) in [5, 5.41) is 1.69. The Labute approximate surface area is 192 Å². The fraction of sp³-hybridized carbons (Fsp3) is 0.231. The number of ether oxygens (including phenoxy) is 2. The third-order valence-corrected chi connectivity index (χ3v) is 6.45. The summed E-state index contributed by atoms with van der Waals surface area (Å²) in [7, 11) is 3.17. The highest BCUT2D eigenvalue weighted by Crippen LogP contribution is 2.55. The maximum atomic E-state index is 13.9. The van der Waals surface area contributed by atoms with Gasteiger partial charge >= 0.3 is 0 Å². The number of anilines is 2. The summed E-state index contributed by atoms with van der Waals surface area (Å²) in [6.07, 6.45) is -0.959. The van der Waals surface area contributed by atoms with Gasteiger partial charge in [0.25, 0.3) is 5.91 Å². The summed E-state index contributed by atoms with van der Waals surface area (Å²) in [5.41, 5.74) is 0.972. The lowest BCUT2D eigenvalue weighted by molar-refractivity contribution is -0.128. The highest BCUT2D eigenvalue weighted by atomic mass is 16.7. The van der Waals surface area contributed by atoms with E-state index in [1.807, 2.05) is 54.6 Å². The van der Waals surface area contributed by atoms with Crippen LogP contribution < -0.4 is 19.4 Å². The van der Waals surface area contributed by atoms with Crippen molar-refractivity contribution in [3.05, 3.63) is 84.4 Å². The van der Waals surface area contributed by atoms with Crippen LogP contribution in [0, 0.1) is 5.41 Å². The summed E-state index contributed by atoms with van der Waals surface area (Å²) in [4.78, 5) is 34.9. The molecular weight excluding hydrogens is 420 g/mol. The average Bonchev–Trinajstić information content (AvgIpc) is 3.28. The number of para-hydroxylation sites is 1. The van der Waals surface area contributed by atoms with Gasteiger partial charge < -0.3 is 9.47 Å². The SMILES string of the molecule is COc1ccc([C@@H]2N(c3ccccc3)O[C@H]3C(=O)N(c4ccc(OC)cc4)C(=O)[C@]23C)cc1. The van der Waals surface area contributed by atoms with Gasteiger partial charge in [-0.1, -0.05) is 30.3 Å². The molecule has 2 fully saturated rings. The highest BCUT2D eigenvalue weighted by molar-refractivity contribution is 6.25. The van der Waals surface area contributed by atoms with Crippen LogP contribution in [0.25, 0.3) is 0 Å². The van der Waals surface area contributed by atoms with Gasteiger partial charge in [0.2, 0.25) is 5.91 Å². The fourth-order valence-corrected chi connectivity index (χ4v) is 4.69. The van der Waals surface area contributed by atoms with E-state index in [9.17, 15) is 9.59 Å². The zero-order valence-corrected chi connectivity index (χ0v) is 18.6. The molecule has 2 aliphatic rings. The molecule has 3 atom stereocenters. The Morgan fingerprint density at radius 2 is 1.36 bits per heavy atom. The summed E-state index contributed by atoms with van der Waals surface area (Å²) >= 11 is 0. The molecule has 0 aromatic heterocycles. The van der Waals surface area contributed by atoms with E-state index in [1.165, 1.54) is 4.90 Å². The topological polar surface area (TPSA) is 68.3 Å². The summed E-state index contributed by atoms with van der Waals surface area (Å²) in [5.74, 6) is 0.665. The maximum Gasteiger partial charge on any atom is 0.266 e. The molecule has 0 spiro atoms. The number of nitrogens with zero attached hydrogens (tertiary/aromatic N) is 2. The molecule has 0 aliphatic carbocycles. The molecule has 2 saturated heterocycles. The van der Waals surface area contributed by atoms with E-state index in [-0.39, 0.29) is 11.8 Å². The Kier molecular flexibility index (Phi) is 5.06. The molecule has 2 heterocycles. The van der Waals surface area contributed by atoms with Crippen molar-refractivity contribution in [1.29, 1.82) is 0 Å². The van der Waals surface area contributed by atoms with Gasteiger partial charge in [-0.3, -0.25) is 14.4 Å². The Morgan fingerprint density at radius 1 is 0.788 bits per heavy atom. The number of methoxy groups -OCH3 is 2. The number of hydrogen-bond acceptors (Lipinski definition) is 6. The van der Waals surface area contributed by atoms with Crippen LogP contribution in [0.4, 0.5) is 11.4 Å². The third kappa shape index (κ3) is 3.15. The minimum Gasteiger partial charge on any atom is -0.497 e. The molecule has 0 unspecified atom stereocenters. The first kappa shape index (κ1) is 21.0. The van der Waals surface area contributed by atoms with Crippen molar-refractivity contribution in [3.8, 4) is 11.5 Å². The lowest BCUT2D eigenvalue weighted by atomic mass is 9.76. The highest BCUT2D eigenvalue weighted by Gasteiger charge is 2.68. The second kappa shape index (κ2) is 7.94. The van der Waals surface area contributed by atoms with E-state index >= 15 is 0 Å². The van der Waals surface area contributed by atoms with Crippen LogP contribution in [-0.2, 0) is 14.4 Å². The van der Waals surface area contributed by atoms with Crippen molar-refractivity contribution in [2.45, 2.75) is 19.1 Å². The summed E-state index contributed by atoms with van der Waals surface area (Å²) in [6, 6.07) is 23.3. The van der Waals surface area contributed by atoms with Crippen LogP contribution in [0.2, 0.25) is 0 Å². The second-order valence-corrected chi connectivity index (χ2v) is 8.28. The zero-order chi connectivity index (χ0) is 23.2. The Hall–Kier alpha value is -3.84. The molecule has 0 saturated carbocycles. The number of carbonyl (C=O) groups excluding carboxylic acids is 2. The lowest BCUT2D eigenvalue weighted by Crippen LogP contribution is -2.41. The van der Waals surface area contributed by atoms with Gasteiger partial charge in [0.1, 0.15) is 16.9 Å². The normalized spacial score (nSPS) is 24.2. The van der Waals surface area contributed by atoms with E-state index < -0.39 is 17.6 Å². The predicted octanol–water partition coefficient (Wildman–Crippen LogP) is 4.15. The van der Waals surface area contributed by atoms with Crippen LogP contribution >= 0.6 is 0 Å². The molecule has 2 amide bonds. The van der Waals surface area contributed by atoms with Gasteiger partial charge in [0, 0.05) is 0 Å². The maximum absolute atomic E-state index is 13.9. The molecule has 0 N–H and O–H groups in total. The average molecular weight is 444 g/mol. The number of rotatable bonds is 5. The predicted molar refractivity (Wildman–Crippen MR) is 123 cm³/mol. The number of hydroxylamine groups is 1. The molecule has 168 valence electrons. The van der Waals surface area contributed by atoms with Gasteiger partial charge in [-0.2, -0.15) is 0 Å². The van der Waals surface area contributed by atoms with Crippen LogP contribution in [0.5, 0.6) is 11.5 Å². The molecule has 0 bridgehead atoms. The number of carbonyl (C=O) groups is 2. The first-order valence-electron chi connectivity index (χ1n) is 10.7. The minimum absolute atomic E-state index is 0.304. The van der Waals surface area contributed by atoms with Crippen molar-refractivity contribution in [2.24, 2.45) is 5.41 Å². The zero-order valence-electron chi connectivity index (χ0n) is 18.6. The molecular formula is C26H24N2O5. The molecule has 2 aliphatic heterocycles. The van der Waals surface area contributed by atoms with Crippen LogP contribution in [0.3, 0.4) is 0 Å². The minimum atomic E-state index is -1.14. The quantitative estimate of drug-likeness (QED) is 0.551. The number of amides is 2. The van der Waals surface area contributed by atoms with Crippen LogP contribution in [0.1, 0.15) is 18.5 Å². The summed E-state index contributed by atoms with van der Waals surface area (Å²) in [6.45, 7) is 1.80. The van der Waals surface area contributed by atoms with Crippen molar-refractivity contribution in [2.75, 3.05) is 24.2 Å². The van der Waals surface area contributed by atoms with Gasteiger partial charge in [0.05, 0.1) is 31.6 Å². The Bertz CT molecular complexity index is 1180. The molecule has 3 aromatic carbocycles. The summed E-state index contributed by atoms with van der Waals surface area (Å²) < 4.78 is 10.5. The number of hydrogen-bond donors (Lipinski definition) is 0. The van der Waals surface area contributed by atoms with E-state index in [2.05, 4.69) is 0 Å². The van der Waals surface area contributed by atoms with Crippen molar-refractivity contribution in [1.82, 2.24) is 0 Å². The standard InChI is InChI=1S/C26H24N2O5/c1-26-22(17-9-13-20(31-2)14-10-17)28(19-7-5-4-6-8-19)33-23(26)24(29)27(25(26)30)18-11-15-21(32-3)16-12-18/h4-16,22-23H,1-3H3/t22-,23-,26+/m0/s1. The van der Waals surface area contributed by atoms with Gasteiger partial charge in [-0.15, -0.1) is 0 Å².